The number of halogens is 4. The van der Waals surface area contributed by atoms with Gasteiger partial charge in [0.1, 0.15) is 6.54 Å². The van der Waals surface area contributed by atoms with Gasteiger partial charge in [-0.15, -0.1) is 11.3 Å². The van der Waals surface area contributed by atoms with Crippen LogP contribution in [0.4, 0.5) is 18.3 Å². The predicted molar refractivity (Wildman–Crippen MR) is 77.2 cm³/mol. The molecule has 0 aromatic carbocycles. The first-order valence-electron chi connectivity index (χ1n) is 6.13. The Bertz CT molecular complexity index is 703. The number of aryl methyl sites for hydroxylation is 2. The summed E-state index contributed by atoms with van der Waals surface area (Å²) in [5.74, 6) is -0.523. The number of thiazole rings is 1. The van der Waals surface area contributed by atoms with Crippen LogP contribution >= 0.6 is 22.9 Å². The van der Waals surface area contributed by atoms with Crippen LogP contribution in [0, 0.1) is 20.8 Å². The van der Waals surface area contributed by atoms with Crippen molar-refractivity contribution in [2.24, 2.45) is 0 Å². The fourth-order valence-corrected chi connectivity index (χ4v) is 2.75. The maximum absolute atomic E-state index is 12.7. The van der Waals surface area contributed by atoms with Crippen molar-refractivity contribution in [2.45, 2.75) is 33.5 Å². The van der Waals surface area contributed by atoms with E-state index in [1.54, 1.807) is 6.92 Å². The Labute approximate surface area is 133 Å². The molecule has 0 bridgehead atoms. The number of hydrogen-bond acceptors (Lipinski definition) is 4. The zero-order chi connectivity index (χ0) is 16.7. The Morgan fingerprint density at radius 2 is 2.00 bits per heavy atom. The second kappa shape index (κ2) is 5.88. The lowest BCUT2D eigenvalue weighted by Gasteiger charge is -2.04. The minimum Gasteiger partial charge on any atom is -0.300 e. The molecule has 5 nitrogen and oxygen atoms in total. The fourth-order valence-electron chi connectivity index (χ4n) is 1.68. The molecule has 1 amide bonds. The van der Waals surface area contributed by atoms with Gasteiger partial charge in [-0.2, -0.15) is 18.3 Å². The molecule has 0 aliphatic rings. The van der Waals surface area contributed by atoms with E-state index in [2.05, 4.69) is 15.4 Å². The van der Waals surface area contributed by atoms with Crippen molar-refractivity contribution in [3.8, 4) is 0 Å². The van der Waals surface area contributed by atoms with E-state index >= 15 is 0 Å². The molecule has 1 N–H and O–H groups in total. The van der Waals surface area contributed by atoms with Crippen molar-refractivity contribution in [2.75, 3.05) is 5.32 Å². The first-order chi connectivity index (χ1) is 10.1. The number of hydrogen-bond donors (Lipinski definition) is 1. The van der Waals surface area contributed by atoms with Crippen molar-refractivity contribution in [1.82, 2.24) is 14.8 Å². The average molecular weight is 353 g/mol. The molecular formula is C12H12ClF3N4OS. The summed E-state index contributed by atoms with van der Waals surface area (Å²) in [5, 5.41) is 5.79. The maximum atomic E-state index is 12.7. The molecule has 0 radical (unpaired) electrons. The molecular weight excluding hydrogens is 341 g/mol. The van der Waals surface area contributed by atoms with Crippen molar-refractivity contribution in [3.63, 3.8) is 0 Å². The standard InChI is InChI=1S/C12H12ClF3N4OS/c1-5-7(3)22-11(17-5)18-8(21)4-20-6(2)9(13)10(19-20)12(14,15)16/h4H2,1-3H3,(H,17,18,21). The Kier molecular flexibility index (Phi) is 4.48. The van der Waals surface area contributed by atoms with Crippen LogP contribution in [0.2, 0.25) is 5.02 Å². The van der Waals surface area contributed by atoms with Crippen molar-refractivity contribution in [3.05, 3.63) is 27.0 Å². The first kappa shape index (κ1) is 16.8. The zero-order valence-electron chi connectivity index (χ0n) is 11.9. The van der Waals surface area contributed by atoms with Crippen LogP contribution in [0.15, 0.2) is 0 Å². The monoisotopic (exact) mass is 352 g/mol. The highest BCUT2D eigenvalue weighted by Crippen LogP contribution is 2.35. The lowest BCUT2D eigenvalue weighted by Crippen LogP contribution is -2.20. The highest BCUT2D eigenvalue weighted by atomic mass is 35.5. The van der Waals surface area contributed by atoms with Gasteiger partial charge in [0.25, 0.3) is 0 Å². The van der Waals surface area contributed by atoms with Gasteiger partial charge in [0.05, 0.1) is 16.4 Å². The summed E-state index contributed by atoms with van der Waals surface area (Å²) >= 11 is 6.91. The predicted octanol–water partition coefficient (Wildman–Crippen LogP) is 3.58. The van der Waals surface area contributed by atoms with Gasteiger partial charge in [0.2, 0.25) is 5.91 Å². The second-order valence-corrected chi connectivity index (χ2v) is 6.19. The number of rotatable bonds is 3. The summed E-state index contributed by atoms with van der Waals surface area (Å²) in [5.41, 5.74) is -0.325. The smallest absolute Gasteiger partial charge is 0.300 e. The van der Waals surface area contributed by atoms with Gasteiger partial charge in [-0.05, 0) is 20.8 Å². The summed E-state index contributed by atoms with van der Waals surface area (Å²) < 4.78 is 39.0. The Morgan fingerprint density at radius 1 is 1.36 bits per heavy atom. The third-order valence-corrected chi connectivity index (χ3v) is 4.41. The van der Waals surface area contributed by atoms with Crippen LogP contribution in [-0.4, -0.2) is 20.7 Å². The van der Waals surface area contributed by atoms with E-state index in [1.165, 1.54) is 18.3 Å². The van der Waals surface area contributed by atoms with Gasteiger partial charge in [-0.1, -0.05) is 11.6 Å². The molecule has 0 saturated carbocycles. The number of nitrogens with one attached hydrogen (secondary N) is 1. The zero-order valence-corrected chi connectivity index (χ0v) is 13.4. The number of anilines is 1. The van der Waals surface area contributed by atoms with Crippen LogP contribution in [0.25, 0.3) is 0 Å². The molecule has 0 aliphatic carbocycles. The van der Waals surface area contributed by atoms with Gasteiger partial charge in [-0.3, -0.25) is 9.48 Å². The summed E-state index contributed by atoms with van der Waals surface area (Å²) in [6.45, 7) is 4.65. The van der Waals surface area contributed by atoms with Crippen LogP contribution in [0.3, 0.4) is 0 Å². The molecule has 2 aromatic rings. The SMILES string of the molecule is Cc1nc(NC(=O)Cn2nc(C(F)(F)F)c(Cl)c2C)sc1C. The number of carbonyl (C=O) groups is 1. The molecule has 0 spiro atoms. The molecule has 0 aliphatic heterocycles. The molecule has 0 atom stereocenters. The van der Waals surface area contributed by atoms with E-state index in [-0.39, 0.29) is 12.2 Å². The van der Waals surface area contributed by atoms with Crippen molar-refractivity contribution in [1.29, 1.82) is 0 Å². The molecule has 2 heterocycles. The minimum atomic E-state index is -4.66. The summed E-state index contributed by atoms with van der Waals surface area (Å²) in [7, 11) is 0. The van der Waals surface area contributed by atoms with E-state index in [0.717, 1.165) is 15.3 Å². The molecule has 0 unspecified atom stereocenters. The Morgan fingerprint density at radius 3 is 2.45 bits per heavy atom. The molecule has 2 rings (SSSR count). The van der Waals surface area contributed by atoms with Gasteiger partial charge >= 0.3 is 6.18 Å². The third kappa shape index (κ3) is 3.41. The number of nitrogens with zero attached hydrogens (tertiary/aromatic N) is 3. The highest BCUT2D eigenvalue weighted by molar-refractivity contribution is 7.15. The number of carbonyl (C=O) groups excluding carboxylic acids is 1. The second-order valence-electron chi connectivity index (χ2n) is 4.61. The topological polar surface area (TPSA) is 59.8 Å². The van der Waals surface area contributed by atoms with Crippen LogP contribution < -0.4 is 5.32 Å². The quantitative estimate of drug-likeness (QED) is 0.918. The normalized spacial score (nSPS) is 11.8. The van der Waals surface area contributed by atoms with Crippen molar-refractivity contribution < 1.29 is 18.0 Å². The fraction of sp³-hybridized carbons (Fsp3) is 0.417. The third-order valence-electron chi connectivity index (χ3n) is 2.97. The highest BCUT2D eigenvalue weighted by Gasteiger charge is 2.38. The van der Waals surface area contributed by atoms with Gasteiger partial charge in [-0.25, -0.2) is 4.98 Å². The average Bonchev–Trinajstić information content (AvgIpc) is 2.83. The summed E-state index contributed by atoms with van der Waals surface area (Å²) in [6, 6.07) is 0. The Balaban J connectivity index is 2.15. The van der Waals surface area contributed by atoms with Gasteiger partial charge < -0.3 is 5.32 Å². The lowest BCUT2D eigenvalue weighted by atomic mass is 10.3. The number of aromatic nitrogens is 3. The summed E-state index contributed by atoms with van der Waals surface area (Å²) in [6.07, 6.45) is -4.66. The van der Waals surface area contributed by atoms with Crippen LogP contribution in [0.5, 0.6) is 0 Å². The van der Waals surface area contributed by atoms with Gasteiger partial charge in [0, 0.05) is 4.88 Å². The molecule has 22 heavy (non-hydrogen) atoms. The van der Waals surface area contributed by atoms with E-state index in [1.807, 2.05) is 6.92 Å². The first-order valence-corrected chi connectivity index (χ1v) is 7.33. The minimum absolute atomic E-state index is 0.0793. The molecule has 10 heteroatoms. The molecule has 120 valence electrons. The molecule has 2 aromatic heterocycles. The lowest BCUT2D eigenvalue weighted by molar-refractivity contribution is -0.141. The summed E-state index contributed by atoms with van der Waals surface area (Å²) in [4.78, 5) is 17.0. The number of alkyl halides is 3. The van der Waals surface area contributed by atoms with E-state index in [4.69, 9.17) is 11.6 Å². The van der Waals surface area contributed by atoms with E-state index in [0.29, 0.717) is 5.13 Å². The van der Waals surface area contributed by atoms with E-state index < -0.39 is 22.8 Å². The van der Waals surface area contributed by atoms with E-state index in [9.17, 15) is 18.0 Å². The molecule has 0 fully saturated rings. The molecule has 0 saturated heterocycles. The number of amides is 1. The Hall–Kier alpha value is -1.61. The maximum Gasteiger partial charge on any atom is 0.436 e. The van der Waals surface area contributed by atoms with Gasteiger partial charge in [0.15, 0.2) is 10.8 Å². The van der Waals surface area contributed by atoms with Crippen molar-refractivity contribution >= 4 is 34.0 Å². The van der Waals surface area contributed by atoms with Crippen LogP contribution in [-0.2, 0) is 17.5 Å². The largest absolute Gasteiger partial charge is 0.436 e. The van der Waals surface area contributed by atoms with Crippen LogP contribution in [0.1, 0.15) is 22.0 Å².